The number of aliphatic imine (C=N–C) groups is 1. The first-order chi connectivity index (χ1) is 7.15. The standard InChI is InChI=1S/C10H13ClFN3.HI/c1-14-10(13)15-6-5-7-8(11)3-2-4-9(7)12;/h2-4H,5-6H2,1H3,(H3,13,14,15);1H. The Labute approximate surface area is 116 Å². The van der Waals surface area contributed by atoms with Crippen LogP contribution >= 0.6 is 35.6 Å². The van der Waals surface area contributed by atoms with Crippen molar-refractivity contribution in [3.63, 3.8) is 0 Å². The highest BCUT2D eigenvalue weighted by molar-refractivity contribution is 14.0. The molecule has 0 amide bonds. The van der Waals surface area contributed by atoms with Crippen LogP contribution in [0.2, 0.25) is 5.02 Å². The molecule has 0 bridgehead atoms. The second-order valence-electron chi connectivity index (χ2n) is 2.99. The minimum Gasteiger partial charge on any atom is -0.370 e. The minimum atomic E-state index is -0.295. The predicted molar refractivity (Wildman–Crippen MR) is 76.1 cm³/mol. The maximum atomic E-state index is 13.3. The maximum Gasteiger partial charge on any atom is 0.188 e. The fourth-order valence-electron chi connectivity index (χ4n) is 1.17. The predicted octanol–water partition coefficient (Wildman–Crippen LogP) is 2.17. The van der Waals surface area contributed by atoms with Gasteiger partial charge in [0, 0.05) is 24.2 Å². The van der Waals surface area contributed by atoms with Gasteiger partial charge in [0.2, 0.25) is 0 Å². The van der Waals surface area contributed by atoms with Crippen LogP contribution in [0.15, 0.2) is 23.2 Å². The van der Waals surface area contributed by atoms with Crippen molar-refractivity contribution in [2.75, 3.05) is 13.6 Å². The van der Waals surface area contributed by atoms with E-state index in [-0.39, 0.29) is 29.8 Å². The second kappa shape index (κ2) is 7.67. The topological polar surface area (TPSA) is 50.4 Å². The van der Waals surface area contributed by atoms with Crippen molar-refractivity contribution in [1.82, 2.24) is 5.32 Å². The average molecular weight is 358 g/mol. The lowest BCUT2D eigenvalue weighted by Crippen LogP contribution is -2.33. The van der Waals surface area contributed by atoms with Gasteiger partial charge in [0.15, 0.2) is 5.96 Å². The Morgan fingerprint density at radius 2 is 2.25 bits per heavy atom. The number of nitrogens with one attached hydrogen (secondary N) is 1. The Balaban J connectivity index is 0.00000225. The Morgan fingerprint density at radius 1 is 1.56 bits per heavy atom. The largest absolute Gasteiger partial charge is 0.370 e. The van der Waals surface area contributed by atoms with Crippen LogP contribution in [-0.4, -0.2) is 19.6 Å². The Hall–Kier alpha value is -0.560. The molecule has 0 atom stereocenters. The van der Waals surface area contributed by atoms with Gasteiger partial charge in [0.1, 0.15) is 5.82 Å². The monoisotopic (exact) mass is 357 g/mol. The van der Waals surface area contributed by atoms with Crippen LogP contribution in [0.5, 0.6) is 0 Å². The summed E-state index contributed by atoms with van der Waals surface area (Å²) in [6, 6.07) is 4.63. The fraction of sp³-hybridized carbons (Fsp3) is 0.300. The van der Waals surface area contributed by atoms with Gasteiger partial charge in [-0.1, -0.05) is 17.7 Å². The van der Waals surface area contributed by atoms with Gasteiger partial charge in [-0.3, -0.25) is 4.99 Å². The summed E-state index contributed by atoms with van der Waals surface area (Å²) in [5.74, 6) is 0.0405. The van der Waals surface area contributed by atoms with Crippen molar-refractivity contribution < 1.29 is 4.39 Å². The summed E-state index contributed by atoms with van der Waals surface area (Å²) in [4.78, 5) is 3.72. The number of nitrogens with zero attached hydrogens (tertiary/aromatic N) is 1. The van der Waals surface area contributed by atoms with Crippen molar-refractivity contribution >= 4 is 41.5 Å². The number of rotatable bonds is 3. The van der Waals surface area contributed by atoms with E-state index in [1.807, 2.05) is 0 Å². The Morgan fingerprint density at radius 3 is 2.81 bits per heavy atom. The van der Waals surface area contributed by atoms with E-state index < -0.39 is 0 Å². The molecule has 0 radical (unpaired) electrons. The quantitative estimate of drug-likeness (QED) is 0.495. The third kappa shape index (κ3) is 4.52. The van der Waals surface area contributed by atoms with Crippen molar-refractivity contribution in [1.29, 1.82) is 0 Å². The third-order valence-corrected chi connectivity index (χ3v) is 2.34. The van der Waals surface area contributed by atoms with Crippen molar-refractivity contribution in [3.8, 4) is 0 Å². The number of guanidine groups is 1. The molecule has 3 N–H and O–H groups in total. The molecule has 16 heavy (non-hydrogen) atoms. The Kier molecular flexibility index (Phi) is 7.40. The van der Waals surface area contributed by atoms with E-state index in [1.165, 1.54) is 6.07 Å². The number of halogens is 3. The number of hydrogen-bond donors (Lipinski definition) is 2. The van der Waals surface area contributed by atoms with Crippen LogP contribution in [0, 0.1) is 5.82 Å². The van der Waals surface area contributed by atoms with Gasteiger partial charge in [-0.2, -0.15) is 0 Å². The maximum absolute atomic E-state index is 13.3. The van der Waals surface area contributed by atoms with Crippen LogP contribution in [0.3, 0.4) is 0 Å². The van der Waals surface area contributed by atoms with Crippen LogP contribution in [-0.2, 0) is 6.42 Å². The first-order valence-electron chi connectivity index (χ1n) is 4.54. The molecular formula is C10H14ClFIN3. The summed E-state index contributed by atoms with van der Waals surface area (Å²) in [6.45, 7) is 0.504. The average Bonchev–Trinajstić information content (AvgIpc) is 2.22. The molecule has 6 heteroatoms. The zero-order chi connectivity index (χ0) is 11.3. The third-order valence-electron chi connectivity index (χ3n) is 1.98. The Bertz CT molecular complexity index is 351. The molecule has 0 aliphatic carbocycles. The van der Waals surface area contributed by atoms with Gasteiger partial charge in [0.05, 0.1) is 0 Å². The smallest absolute Gasteiger partial charge is 0.188 e. The lowest BCUT2D eigenvalue weighted by molar-refractivity contribution is 0.607. The van der Waals surface area contributed by atoms with E-state index in [2.05, 4.69) is 10.3 Å². The van der Waals surface area contributed by atoms with Crippen LogP contribution in [0.4, 0.5) is 4.39 Å². The van der Waals surface area contributed by atoms with Gasteiger partial charge < -0.3 is 11.1 Å². The number of nitrogens with two attached hydrogens (primary N) is 1. The lowest BCUT2D eigenvalue weighted by atomic mass is 10.1. The fourth-order valence-corrected chi connectivity index (χ4v) is 1.42. The highest BCUT2D eigenvalue weighted by Gasteiger charge is 2.05. The summed E-state index contributed by atoms with van der Waals surface area (Å²) >= 11 is 5.85. The normalized spacial score (nSPS) is 10.8. The highest BCUT2D eigenvalue weighted by atomic mass is 127. The van der Waals surface area contributed by atoms with Crippen LogP contribution < -0.4 is 11.1 Å². The number of hydrogen-bond acceptors (Lipinski definition) is 1. The van der Waals surface area contributed by atoms with Gasteiger partial charge in [-0.15, -0.1) is 24.0 Å². The van der Waals surface area contributed by atoms with Crippen LogP contribution in [0.25, 0.3) is 0 Å². The first-order valence-corrected chi connectivity index (χ1v) is 4.92. The van der Waals surface area contributed by atoms with Crippen LogP contribution in [0.1, 0.15) is 5.56 Å². The highest BCUT2D eigenvalue weighted by Crippen LogP contribution is 2.18. The molecule has 0 heterocycles. The summed E-state index contributed by atoms with van der Waals surface area (Å²) in [7, 11) is 1.58. The van der Waals surface area contributed by atoms with Crippen molar-refractivity contribution in [2.24, 2.45) is 10.7 Å². The van der Waals surface area contributed by atoms with E-state index in [0.717, 1.165) is 0 Å². The summed E-state index contributed by atoms with van der Waals surface area (Å²) in [5, 5.41) is 3.27. The molecule has 3 nitrogen and oxygen atoms in total. The van der Waals surface area contributed by atoms with Crippen molar-refractivity contribution in [2.45, 2.75) is 6.42 Å². The molecule has 0 aliphatic rings. The molecule has 0 aromatic heterocycles. The van der Waals surface area contributed by atoms with Gasteiger partial charge in [-0.25, -0.2) is 4.39 Å². The van der Waals surface area contributed by atoms with Gasteiger partial charge >= 0.3 is 0 Å². The molecule has 0 fully saturated rings. The molecule has 0 spiro atoms. The molecule has 1 rings (SSSR count). The minimum absolute atomic E-state index is 0. The first kappa shape index (κ1) is 15.4. The molecule has 0 unspecified atom stereocenters. The molecule has 1 aromatic carbocycles. The molecular weight excluding hydrogens is 343 g/mol. The second-order valence-corrected chi connectivity index (χ2v) is 3.39. The van der Waals surface area contributed by atoms with E-state index in [9.17, 15) is 4.39 Å². The van der Waals surface area contributed by atoms with E-state index >= 15 is 0 Å². The zero-order valence-electron chi connectivity index (χ0n) is 8.84. The zero-order valence-corrected chi connectivity index (χ0v) is 11.9. The number of benzene rings is 1. The van der Waals surface area contributed by atoms with E-state index in [4.69, 9.17) is 17.3 Å². The summed E-state index contributed by atoms with van der Waals surface area (Å²) < 4.78 is 13.3. The molecule has 1 aromatic rings. The van der Waals surface area contributed by atoms with Crippen molar-refractivity contribution in [3.05, 3.63) is 34.6 Å². The molecule has 0 saturated heterocycles. The van der Waals surface area contributed by atoms with E-state index in [1.54, 1.807) is 19.2 Å². The molecule has 0 aliphatic heterocycles. The summed E-state index contributed by atoms with van der Waals surface area (Å²) in [5.41, 5.74) is 5.92. The van der Waals surface area contributed by atoms with Gasteiger partial charge in [0.25, 0.3) is 0 Å². The molecule has 90 valence electrons. The molecule has 0 saturated carbocycles. The van der Waals surface area contributed by atoms with Gasteiger partial charge in [-0.05, 0) is 18.6 Å². The van der Waals surface area contributed by atoms with E-state index in [0.29, 0.717) is 29.5 Å². The summed E-state index contributed by atoms with van der Waals surface area (Å²) in [6.07, 6.45) is 0.474. The lowest BCUT2D eigenvalue weighted by Gasteiger charge is -2.07. The SMILES string of the molecule is CN=C(N)NCCc1c(F)cccc1Cl.I.